The molecule has 0 spiro atoms. The van der Waals surface area contributed by atoms with Crippen molar-refractivity contribution in [3.8, 4) is 11.1 Å². The number of hydrogen-bond acceptors (Lipinski definition) is 7. The summed E-state index contributed by atoms with van der Waals surface area (Å²) in [5.41, 5.74) is 2.54. The minimum atomic E-state index is -0.755. The van der Waals surface area contributed by atoms with Crippen LogP contribution in [-0.4, -0.2) is 46.8 Å². The number of carbonyl (C=O) groups excluding carboxylic acids is 4. The van der Waals surface area contributed by atoms with E-state index in [0.717, 1.165) is 25.7 Å². The van der Waals surface area contributed by atoms with Crippen LogP contribution < -0.4 is 10.6 Å². The van der Waals surface area contributed by atoms with Crippen LogP contribution in [-0.2, 0) is 23.9 Å². The lowest BCUT2D eigenvalue weighted by molar-refractivity contribution is -0.164. The Hall–Kier alpha value is -6.03. The van der Waals surface area contributed by atoms with Gasteiger partial charge in [0.1, 0.15) is 35.0 Å². The van der Waals surface area contributed by atoms with Gasteiger partial charge >= 0.3 is 11.9 Å². The molecule has 7 rings (SSSR count). The molecule has 2 fully saturated rings. The molecular formula is C75H106N4O6. The summed E-state index contributed by atoms with van der Waals surface area (Å²) in [6.07, 6.45) is 6.17. The third-order valence-electron chi connectivity index (χ3n) is 20.7. The van der Waals surface area contributed by atoms with Crippen LogP contribution in [0.4, 0.5) is 5.82 Å². The molecule has 4 aromatic rings. The fourth-order valence-corrected chi connectivity index (χ4v) is 14.8. The van der Waals surface area contributed by atoms with E-state index in [1.165, 1.54) is 0 Å². The fraction of sp³-hybridized carbons (Fsp3) is 0.587. The minimum absolute atomic E-state index is 0.0322. The zero-order valence-electron chi connectivity index (χ0n) is 55.7. The average Bonchev–Trinajstić information content (AvgIpc) is 2.17. The highest BCUT2D eigenvalue weighted by Crippen LogP contribution is 2.54. The average molecular weight is 1160 g/mol. The predicted octanol–water partition coefficient (Wildman–Crippen LogP) is 18.7. The molecule has 10 heteroatoms. The van der Waals surface area contributed by atoms with E-state index in [0.29, 0.717) is 95.2 Å². The zero-order valence-corrected chi connectivity index (χ0v) is 55.7. The second-order valence-corrected chi connectivity index (χ2v) is 30.0. The van der Waals surface area contributed by atoms with Crippen molar-refractivity contribution in [1.82, 2.24) is 10.3 Å². The van der Waals surface area contributed by atoms with Gasteiger partial charge in [0.15, 0.2) is 0 Å². The largest absolute Gasteiger partial charge is 0.458 e. The van der Waals surface area contributed by atoms with Gasteiger partial charge in [-0.05, 0) is 114 Å². The summed E-state index contributed by atoms with van der Waals surface area (Å²) in [6, 6.07) is 29.5. The Morgan fingerprint density at radius 3 is 1.26 bits per heavy atom. The lowest BCUT2D eigenvalue weighted by Gasteiger charge is -2.50. The maximum absolute atomic E-state index is 16.3. The first-order chi connectivity index (χ1) is 39.8. The number of aromatic amines is 1. The highest BCUT2D eigenvalue weighted by atomic mass is 16.5. The molecule has 3 aliphatic rings. The van der Waals surface area contributed by atoms with Crippen molar-refractivity contribution in [3.63, 3.8) is 0 Å². The quantitative estimate of drug-likeness (QED) is 0.0900. The Kier molecular flexibility index (Phi) is 20.4. The van der Waals surface area contributed by atoms with Crippen LogP contribution >= 0.6 is 0 Å². The van der Waals surface area contributed by atoms with Gasteiger partial charge in [0.05, 0.1) is 11.4 Å². The topological polar surface area (TPSA) is 139 Å². The molecule has 2 heterocycles. The second-order valence-electron chi connectivity index (χ2n) is 30.0. The van der Waals surface area contributed by atoms with Gasteiger partial charge in [-0.25, -0.2) is 14.6 Å². The van der Waals surface area contributed by atoms with Gasteiger partial charge in [-0.2, -0.15) is 0 Å². The Bertz CT molecular complexity index is 3030. The number of aliphatic imine (C=N–C) groups is 1. The van der Waals surface area contributed by atoms with Gasteiger partial charge in [-0.1, -0.05) is 229 Å². The summed E-state index contributed by atoms with van der Waals surface area (Å²) in [5, 5.41) is 6.68. The molecule has 2 amide bonds. The number of amidine groups is 1. The predicted molar refractivity (Wildman–Crippen MR) is 351 cm³/mol. The standard InChI is InChI=1S/C75H106N4O6/c1-21-74(22-2,23-3)68(82)78-64-58(66(80)84-62-51(70(9,10)11)42-46(7)43-52(62)71(12,13)14)55(48-36-30-27-31-37-48)60(76-64)57(50-40-34-29-35-41-50)61-56(49-38-32-28-33-39-49)59(65(77-61)79-69(83)75(24-4,25-5)26-6)67(81)85-63-53(72(15,16)17)44-47(8)45-54(63)73(18,19)20/h27-41,46-47,51-54,62-63,76H,21-26,42-45H2,1-20H3,(H,78,82)(H,77,79,83)/b61-57-. The molecule has 4 atom stereocenters. The molecule has 85 heavy (non-hydrogen) atoms. The Labute approximate surface area is 512 Å². The molecule has 0 saturated heterocycles. The molecule has 0 radical (unpaired) electrons. The van der Waals surface area contributed by atoms with E-state index in [1.54, 1.807) is 0 Å². The maximum Gasteiger partial charge on any atom is 0.342 e. The molecule has 3 N–H and O–H groups in total. The van der Waals surface area contributed by atoms with Gasteiger partial charge < -0.3 is 25.1 Å². The highest BCUT2D eigenvalue weighted by molar-refractivity contribution is 6.32. The van der Waals surface area contributed by atoms with Crippen molar-refractivity contribution < 1.29 is 28.7 Å². The number of esters is 2. The molecule has 2 aliphatic carbocycles. The van der Waals surface area contributed by atoms with E-state index in [2.05, 4.69) is 113 Å². The van der Waals surface area contributed by atoms with Crippen LogP contribution in [0.15, 0.2) is 107 Å². The Balaban J connectivity index is 1.66. The number of aromatic nitrogens is 1. The number of rotatable bonds is 17. The summed E-state index contributed by atoms with van der Waals surface area (Å²) < 4.78 is 14.4. The van der Waals surface area contributed by atoms with Crippen molar-refractivity contribution >= 4 is 46.6 Å². The minimum Gasteiger partial charge on any atom is -0.458 e. The van der Waals surface area contributed by atoms with Gasteiger partial charge in [-0.3, -0.25) is 9.59 Å². The van der Waals surface area contributed by atoms with Crippen molar-refractivity contribution in [2.24, 2.45) is 73.0 Å². The SMILES string of the molecule is CCC(CC)(CC)C(=O)NC1=N/C(=C(/c2ccccc2)c2[nH]c(NC(=O)C(CC)(CC)CC)c(C(=O)OC3C(C(C)(C)C)CC(C)CC3C(C)(C)C)c2-c2ccccc2)C(c2ccccc2)=C1C(=O)OC1C(C(C)(C)C)CC(C)CC1C(C)(C)C. The Morgan fingerprint density at radius 1 is 0.506 bits per heavy atom. The third kappa shape index (κ3) is 13.9. The summed E-state index contributed by atoms with van der Waals surface area (Å²) in [7, 11) is 0. The lowest BCUT2D eigenvalue weighted by atomic mass is 9.59. The summed E-state index contributed by atoms with van der Waals surface area (Å²) >= 11 is 0. The van der Waals surface area contributed by atoms with Crippen LogP contribution in [0.25, 0.3) is 22.3 Å². The maximum atomic E-state index is 16.3. The summed E-state index contributed by atoms with van der Waals surface area (Å²) in [6.45, 7) is 43.8. The van der Waals surface area contributed by atoms with Crippen LogP contribution in [0.3, 0.4) is 0 Å². The summed E-state index contributed by atoms with van der Waals surface area (Å²) in [5.74, 6) is -0.236. The van der Waals surface area contributed by atoms with E-state index < -0.39 is 35.0 Å². The second kappa shape index (κ2) is 26.1. The summed E-state index contributed by atoms with van der Waals surface area (Å²) in [4.78, 5) is 72.4. The molecule has 4 unspecified atom stereocenters. The zero-order chi connectivity index (χ0) is 62.8. The van der Waals surface area contributed by atoms with E-state index in [9.17, 15) is 0 Å². The molecule has 0 bridgehead atoms. The van der Waals surface area contributed by atoms with Crippen LogP contribution in [0.2, 0.25) is 0 Å². The number of amides is 2. The lowest BCUT2D eigenvalue weighted by Crippen LogP contribution is -2.50. The number of carbonyl (C=O) groups is 4. The van der Waals surface area contributed by atoms with Crippen LogP contribution in [0.5, 0.6) is 0 Å². The van der Waals surface area contributed by atoms with Gasteiger partial charge in [0.2, 0.25) is 11.8 Å². The normalized spacial score (nSPS) is 23.3. The molecule has 462 valence electrons. The fourth-order valence-electron chi connectivity index (χ4n) is 14.8. The Morgan fingerprint density at radius 2 is 0.871 bits per heavy atom. The van der Waals surface area contributed by atoms with Crippen molar-refractivity contribution in [1.29, 1.82) is 0 Å². The van der Waals surface area contributed by atoms with E-state index in [-0.39, 0.29) is 79.9 Å². The number of hydrogen-bond donors (Lipinski definition) is 3. The molecule has 3 aromatic carbocycles. The number of benzene rings is 3. The molecule has 1 aliphatic heterocycles. The number of nitrogens with one attached hydrogen (secondary N) is 3. The van der Waals surface area contributed by atoms with Crippen molar-refractivity contribution in [2.45, 2.75) is 215 Å². The number of ether oxygens (including phenoxy) is 2. The smallest absolute Gasteiger partial charge is 0.342 e. The third-order valence-corrected chi connectivity index (χ3v) is 20.7. The molecule has 10 nitrogen and oxygen atoms in total. The number of H-pyrrole nitrogens is 1. The van der Waals surface area contributed by atoms with Gasteiger partial charge in [-0.15, -0.1) is 0 Å². The van der Waals surface area contributed by atoms with E-state index in [1.807, 2.05) is 133 Å². The number of nitrogens with zero attached hydrogens (tertiary/aromatic N) is 1. The van der Waals surface area contributed by atoms with E-state index in [4.69, 9.17) is 14.5 Å². The number of allylic oxidation sites excluding steroid dienone is 1. The van der Waals surface area contributed by atoms with Crippen LogP contribution in [0.1, 0.15) is 230 Å². The van der Waals surface area contributed by atoms with E-state index >= 15 is 19.2 Å². The van der Waals surface area contributed by atoms with Crippen molar-refractivity contribution in [3.05, 3.63) is 125 Å². The van der Waals surface area contributed by atoms with Crippen LogP contribution in [0, 0.1) is 68.0 Å². The molecule has 1 aromatic heterocycles. The van der Waals surface area contributed by atoms with Crippen molar-refractivity contribution in [2.75, 3.05) is 5.32 Å². The number of anilines is 1. The molecule has 2 saturated carbocycles. The first kappa shape index (κ1) is 66.5. The van der Waals surface area contributed by atoms with Gasteiger partial charge in [0.25, 0.3) is 0 Å². The first-order valence-electron chi connectivity index (χ1n) is 32.4. The first-order valence-corrected chi connectivity index (χ1v) is 32.4. The monoisotopic (exact) mass is 1160 g/mol. The highest BCUT2D eigenvalue weighted by Gasteiger charge is 2.51. The molecular weight excluding hydrogens is 1050 g/mol. The van der Waals surface area contributed by atoms with Gasteiger partial charge in [0, 0.05) is 51.2 Å².